The maximum Gasteiger partial charge on any atom is 0.157 e. The van der Waals surface area contributed by atoms with E-state index in [0.717, 1.165) is 27.3 Å². The SMILES string of the molecule is CCNc1cc(Sc2ccccc2Cl)nc(COCC)n1. The predicted molar refractivity (Wildman–Crippen MR) is 87.1 cm³/mol. The fraction of sp³-hybridized carbons (Fsp3) is 0.333. The van der Waals surface area contributed by atoms with E-state index in [9.17, 15) is 0 Å². The van der Waals surface area contributed by atoms with Crippen molar-refractivity contribution in [3.63, 3.8) is 0 Å². The zero-order valence-corrected chi connectivity index (χ0v) is 13.7. The highest BCUT2D eigenvalue weighted by Crippen LogP contribution is 2.32. The lowest BCUT2D eigenvalue weighted by molar-refractivity contribution is 0.128. The number of benzene rings is 1. The van der Waals surface area contributed by atoms with Crippen molar-refractivity contribution in [3.8, 4) is 0 Å². The molecule has 0 amide bonds. The minimum absolute atomic E-state index is 0.409. The van der Waals surface area contributed by atoms with E-state index in [0.29, 0.717) is 19.0 Å². The molecule has 0 aliphatic rings. The standard InChI is InChI=1S/C15H18ClN3OS/c1-3-17-13-9-15(19-14(18-13)10-20-4-2)21-12-8-6-5-7-11(12)16/h5-9H,3-4,10H2,1-2H3,(H,17,18,19). The van der Waals surface area contributed by atoms with Crippen molar-refractivity contribution in [2.24, 2.45) is 0 Å². The molecule has 2 rings (SSSR count). The summed E-state index contributed by atoms with van der Waals surface area (Å²) >= 11 is 7.72. The first-order chi connectivity index (χ1) is 10.2. The molecule has 0 unspecified atom stereocenters. The van der Waals surface area contributed by atoms with Gasteiger partial charge in [-0.2, -0.15) is 0 Å². The summed E-state index contributed by atoms with van der Waals surface area (Å²) in [5, 5.41) is 4.78. The molecule has 0 atom stereocenters. The van der Waals surface area contributed by atoms with Gasteiger partial charge in [-0.25, -0.2) is 9.97 Å². The van der Waals surface area contributed by atoms with Crippen molar-refractivity contribution < 1.29 is 4.74 Å². The molecule has 0 saturated heterocycles. The lowest BCUT2D eigenvalue weighted by atomic mass is 10.4. The van der Waals surface area contributed by atoms with Gasteiger partial charge in [0.2, 0.25) is 0 Å². The van der Waals surface area contributed by atoms with E-state index in [2.05, 4.69) is 15.3 Å². The van der Waals surface area contributed by atoms with E-state index in [1.807, 2.05) is 44.2 Å². The third-order valence-corrected chi connectivity index (χ3v) is 4.03. The van der Waals surface area contributed by atoms with Gasteiger partial charge in [-0.1, -0.05) is 35.5 Å². The highest BCUT2D eigenvalue weighted by Gasteiger charge is 2.08. The minimum atomic E-state index is 0.409. The summed E-state index contributed by atoms with van der Waals surface area (Å²) < 4.78 is 5.39. The van der Waals surface area contributed by atoms with Crippen LogP contribution in [0.2, 0.25) is 5.02 Å². The average molecular weight is 324 g/mol. The maximum absolute atomic E-state index is 6.19. The lowest BCUT2D eigenvalue weighted by Crippen LogP contribution is -2.05. The summed E-state index contributed by atoms with van der Waals surface area (Å²) in [7, 11) is 0. The molecule has 0 radical (unpaired) electrons. The normalized spacial score (nSPS) is 10.6. The second-order valence-corrected chi connectivity index (χ2v) is 5.68. The molecule has 4 nitrogen and oxygen atoms in total. The number of nitrogens with zero attached hydrogens (tertiary/aromatic N) is 2. The van der Waals surface area contributed by atoms with E-state index in [1.54, 1.807) is 0 Å². The predicted octanol–water partition coefficient (Wildman–Crippen LogP) is 4.25. The van der Waals surface area contributed by atoms with E-state index in [1.165, 1.54) is 11.8 Å². The Labute approximate surface area is 134 Å². The third kappa shape index (κ3) is 4.88. The molecule has 1 heterocycles. The Morgan fingerprint density at radius 2 is 2.05 bits per heavy atom. The molecule has 112 valence electrons. The van der Waals surface area contributed by atoms with Crippen LogP contribution in [0, 0.1) is 0 Å². The summed E-state index contributed by atoms with van der Waals surface area (Å²) in [6.07, 6.45) is 0. The van der Waals surface area contributed by atoms with Crippen LogP contribution in [0.3, 0.4) is 0 Å². The van der Waals surface area contributed by atoms with Crippen LogP contribution in [0.1, 0.15) is 19.7 Å². The second-order valence-electron chi connectivity index (χ2n) is 4.21. The molecular weight excluding hydrogens is 306 g/mol. The molecule has 1 aromatic heterocycles. The van der Waals surface area contributed by atoms with Crippen LogP contribution in [0.25, 0.3) is 0 Å². The topological polar surface area (TPSA) is 47.0 Å². The zero-order valence-electron chi connectivity index (χ0n) is 12.1. The molecule has 0 saturated carbocycles. The fourth-order valence-corrected chi connectivity index (χ4v) is 2.81. The Kier molecular flexibility index (Phi) is 6.29. The quantitative estimate of drug-likeness (QED) is 0.772. The van der Waals surface area contributed by atoms with Crippen LogP contribution in [-0.2, 0) is 11.3 Å². The monoisotopic (exact) mass is 323 g/mol. The Morgan fingerprint density at radius 3 is 2.76 bits per heavy atom. The van der Waals surface area contributed by atoms with Gasteiger partial charge in [0.1, 0.15) is 17.5 Å². The Hall–Kier alpha value is -1.30. The van der Waals surface area contributed by atoms with Gasteiger partial charge in [-0.15, -0.1) is 0 Å². The first-order valence-electron chi connectivity index (χ1n) is 6.85. The van der Waals surface area contributed by atoms with Gasteiger partial charge in [0.15, 0.2) is 5.82 Å². The molecule has 0 bridgehead atoms. The summed E-state index contributed by atoms with van der Waals surface area (Å²) in [4.78, 5) is 9.92. The van der Waals surface area contributed by atoms with Gasteiger partial charge in [-0.05, 0) is 26.0 Å². The van der Waals surface area contributed by atoms with Crippen molar-refractivity contribution in [3.05, 3.63) is 41.2 Å². The minimum Gasteiger partial charge on any atom is -0.374 e. The van der Waals surface area contributed by atoms with Crippen molar-refractivity contribution in [2.75, 3.05) is 18.5 Å². The molecule has 2 aromatic rings. The first-order valence-corrected chi connectivity index (χ1v) is 8.04. The number of rotatable bonds is 7. The fourth-order valence-electron chi connectivity index (χ4n) is 1.69. The molecule has 21 heavy (non-hydrogen) atoms. The number of aromatic nitrogens is 2. The van der Waals surface area contributed by atoms with Gasteiger partial charge in [0.05, 0.1) is 5.02 Å². The van der Waals surface area contributed by atoms with Gasteiger partial charge in [-0.3, -0.25) is 0 Å². The Balaban J connectivity index is 2.24. The summed E-state index contributed by atoms with van der Waals surface area (Å²) in [5.41, 5.74) is 0. The van der Waals surface area contributed by atoms with Gasteiger partial charge in [0, 0.05) is 24.1 Å². The summed E-state index contributed by atoms with van der Waals surface area (Å²) in [6, 6.07) is 9.65. The Morgan fingerprint density at radius 1 is 1.24 bits per heavy atom. The number of hydrogen-bond acceptors (Lipinski definition) is 5. The van der Waals surface area contributed by atoms with E-state index in [4.69, 9.17) is 16.3 Å². The van der Waals surface area contributed by atoms with Gasteiger partial charge in [0.25, 0.3) is 0 Å². The smallest absolute Gasteiger partial charge is 0.157 e. The average Bonchev–Trinajstić information content (AvgIpc) is 2.48. The highest BCUT2D eigenvalue weighted by molar-refractivity contribution is 7.99. The molecule has 0 spiro atoms. The number of anilines is 1. The van der Waals surface area contributed by atoms with Crippen molar-refractivity contribution in [1.29, 1.82) is 0 Å². The largest absolute Gasteiger partial charge is 0.374 e. The number of halogens is 1. The van der Waals surface area contributed by atoms with Crippen LogP contribution >= 0.6 is 23.4 Å². The number of nitrogens with one attached hydrogen (secondary N) is 1. The molecule has 0 aliphatic carbocycles. The van der Waals surface area contributed by atoms with E-state index >= 15 is 0 Å². The summed E-state index contributed by atoms with van der Waals surface area (Å²) in [6.45, 7) is 5.84. The first kappa shape index (κ1) is 16.1. The highest BCUT2D eigenvalue weighted by atomic mass is 35.5. The van der Waals surface area contributed by atoms with Gasteiger partial charge >= 0.3 is 0 Å². The summed E-state index contributed by atoms with van der Waals surface area (Å²) in [5.74, 6) is 1.47. The van der Waals surface area contributed by atoms with Crippen molar-refractivity contribution >= 4 is 29.2 Å². The number of hydrogen-bond donors (Lipinski definition) is 1. The Bertz CT molecular complexity index is 595. The van der Waals surface area contributed by atoms with Crippen LogP contribution < -0.4 is 5.32 Å². The van der Waals surface area contributed by atoms with Crippen LogP contribution in [0.5, 0.6) is 0 Å². The molecular formula is C15H18ClN3OS. The second kappa shape index (κ2) is 8.22. The molecule has 1 aromatic carbocycles. The van der Waals surface area contributed by atoms with Crippen LogP contribution in [0.4, 0.5) is 5.82 Å². The molecule has 6 heteroatoms. The molecule has 0 aliphatic heterocycles. The van der Waals surface area contributed by atoms with Crippen LogP contribution in [0.15, 0.2) is 40.3 Å². The van der Waals surface area contributed by atoms with Crippen LogP contribution in [-0.4, -0.2) is 23.1 Å². The molecule has 0 fully saturated rings. The zero-order chi connectivity index (χ0) is 15.1. The van der Waals surface area contributed by atoms with Gasteiger partial charge < -0.3 is 10.1 Å². The van der Waals surface area contributed by atoms with Crippen molar-refractivity contribution in [1.82, 2.24) is 9.97 Å². The third-order valence-electron chi connectivity index (χ3n) is 2.59. The van der Waals surface area contributed by atoms with E-state index < -0.39 is 0 Å². The number of ether oxygens (including phenoxy) is 1. The van der Waals surface area contributed by atoms with Crippen molar-refractivity contribution in [2.45, 2.75) is 30.4 Å². The maximum atomic E-state index is 6.19. The lowest BCUT2D eigenvalue weighted by Gasteiger charge is -2.09. The molecule has 1 N–H and O–H groups in total. The van der Waals surface area contributed by atoms with E-state index in [-0.39, 0.29) is 0 Å².